The van der Waals surface area contributed by atoms with E-state index in [0.717, 1.165) is 20.2 Å². The molecular weight excluding hydrogens is 296 g/mol. The second kappa shape index (κ2) is 4.96. The van der Waals surface area contributed by atoms with E-state index < -0.39 is 0 Å². The Hall–Kier alpha value is -0.580. The molecule has 0 aliphatic heterocycles. The van der Waals surface area contributed by atoms with Crippen LogP contribution < -0.4 is 5.32 Å². The second-order valence-electron chi connectivity index (χ2n) is 2.93. The predicted octanol–water partition coefficient (Wildman–Crippen LogP) is 4.17. The highest BCUT2D eigenvalue weighted by molar-refractivity contribution is 9.10. The lowest BCUT2D eigenvalue weighted by Crippen LogP contribution is -2.00. The molecule has 0 aromatic carbocycles. The van der Waals surface area contributed by atoms with E-state index in [1.807, 2.05) is 23.6 Å². The van der Waals surface area contributed by atoms with E-state index in [2.05, 4.69) is 26.2 Å². The lowest BCUT2D eigenvalue weighted by atomic mass is 10.3. The van der Waals surface area contributed by atoms with Gasteiger partial charge in [0.15, 0.2) is 0 Å². The van der Waals surface area contributed by atoms with Gasteiger partial charge in [-0.2, -0.15) is 0 Å². The van der Waals surface area contributed by atoms with Crippen LogP contribution in [0.25, 0.3) is 0 Å². The van der Waals surface area contributed by atoms with Crippen molar-refractivity contribution in [3.63, 3.8) is 0 Å². The molecule has 0 aliphatic carbocycles. The van der Waals surface area contributed by atoms with Crippen LogP contribution in [0.5, 0.6) is 0 Å². The Bertz CT molecular complexity index is 441. The number of aromatic nitrogens is 1. The average molecular weight is 304 g/mol. The number of rotatable bonds is 3. The molecule has 0 radical (unpaired) electrons. The van der Waals surface area contributed by atoms with E-state index >= 15 is 0 Å². The van der Waals surface area contributed by atoms with E-state index in [1.165, 1.54) is 11.3 Å². The fraction of sp³-hybridized carbons (Fsp3) is 0.100. The van der Waals surface area contributed by atoms with Crippen molar-refractivity contribution in [1.29, 1.82) is 0 Å². The standard InChI is InChI=1S/C10H8BrClN2S/c11-8-1-2-9(14-6-8)13-5-7-3-4-15-10(7)12/h1-4,6H,5H2,(H,13,14). The largest absolute Gasteiger partial charge is 0.366 e. The Labute approximate surface area is 105 Å². The van der Waals surface area contributed by atoms with Gasteiger partial charge in [0.1, 0.15) is 5.82 Å². The average Bonchev–Trinajstić information content (AvgIpc) is 2.63. The van der Waals surface area contributed by atoms with Crippen LogP contribution in [0.4, 0.5) is 5.82 Å². The van der Waals surface area contributed by atoms with Gasteiger partial charge < -0.3 is 5.32 Å². The van der Waals surface area contributed by atoms with Crippen LogP contribution in [0.3, 0.4) is 0 Å². The summed E-state index contributed by atoms with van der Waals surface area (Å²) in [7, 11) is 0. The predicted molar refractivity (Wildman–Crippen MR) is 68.6 cm³/mol. The normalized spacial score (nSPS) is 10.3. The molecule has 5 heteroatoms. The van der Waals surface area contributed by atoms with Gasteiger partial charge >= 0.3 is 0 Å². The fourth-order valence-corrected chi connectivity index (χ4v) is 2.27. The molecule has 2 heterocycles. The minimum Gasteiger partial charge on any atom is -0.366 e. The summed E-state index contributed by atoms with van der Waals surface area (Å²) < 4.78 is 1.81. The third-order valence-corrected chi connectivity index (χ3v) is 3.60. The molecule has 1 N–H and O–H groups in total. The Morgan fingerprint density at radius 1 is 1.40 bits per heavy atom. The molecule has 2 aromatic rings. The van der Waals surface area contributed by atoms with E-state index in [0.29, 0.717) is 6.54 Å². The van der Waals surface area contributed by atoms with Gasteiger partial charge in [0.05, 0.1) is 4.34 Å². The molecule has 0 bridgehead atoms. The highest BCUT2D eigenvalue weighted by atomic mass is 79.9. The van der Waals surface area contributed by atoms with Gasteiger partial charge in [-0.15, -0.1) is 11.3 Å². The zero-order chi connectivity index (χ0) is 10.7. The van der Waals surface area contributed by atoms with Crippen LogP contribution in [-0.2, 0) is 6.54 Å². The highest BCUT2D eigenvalue weighted by Crippen LogP contribution is 2.23. The first kappa shape index (κ1) is 10.9. The Balaban J connectivity index is 1.99. The summed E-state index contributed by atoms with van der Waals surface area (Å²) in [5.74, 6) is 0.848. The molecule has 0 spiro atoms. The van der Waals surface area contributed by atoms with Crippen molar-refractivity contribution in [2.24, 2.45) is 0 Å². The maximum Gasteiger partial charge on any atom is 0.126 e. The van der Waals surface area contributed by atoms with Crippen LogP contribution in [0, 0.1) is 0 Å². The van der Waals surface area contributed by atoms with Gasteiger partial charge in [-0.1, -0.05) is 11.6 Å². The summed E-state index contributed by atoms with van der Waals surface area (Å²) in [6, 6.07) is 5.88. The summed E-state index contributed by atoms with van der Waals surface area (Å²) in [4.78, 5) is 4.21. The molecule has 78 valence electrons. The molecule has 2 nitrogen and oxygen atoms in total. The third-order valence-electron chi connectivity index (χ3n) is 1.88. The number of halogens is 2. The number of nitrogens with one attached hydrogen (secondary N) is 1. The molecule has 0 aliphatic rings. The highest BCUT2D eigenvalue weighted by Gasteiger charge is 2.01. The summed E-state index contributed by atoms with van der Waals surface area (Å²) in [6.45, 7) is 0.705. The second-order valence-corrected chi connectivity index (χ2v) is 5.37. The molecule has 2 rings (SSSR count). The summed E-state index contributed by atoms with van der Waals surface area (Å²) in [5, 5.41) is 5.19. The van der Waals surface area contributed by atoms with Crippen LogP contribution in [0.15, 0.2) is 34.2 Å². The Morgan fingerprint density at radius 2 is 2.27 bits per heavy atom. The van der Waals surface area contributed by atoms with Crippen LogP contribution in [0.2, 0.25) is 4.34 Å². The first-order valence-corrected chi connectivity index (χ1v) is 6.38. The lowest BCUT2D eigenvalue weighted by molar-refractivity contribution is 1.12. The maximum absolute atomic E-state index is 5.98. The van der Waals surface area contributed by atoms with Gasteiger partial charge in [0.2, 0.25) is 0 Å². The van der Waals surface area contributed by atoms with Crippen LogP contribution in [0.1, 0.15) is 5.56 Å². The van der Waals surface area contributed by atoms with Gasteiger partial charge in [-0.05, 0) is 39.5 Å². The number of anilines is 1. The maximum atomic E-state index is 5.98. The summed E-state index contributed by atoms with van der Waals surface area (Å²) >= 11 is 10.9. The van der Waals surface area contributed by atoms with Crippen molar-refractivity contribution in [3.05, 3.63) is 44.1 Å². The van der Waals surface area contributed by atoms with Crippen molar-refractivity contribution in [1.82, 2.24) is 4.98 Å². The monoisotopic (exact) mass is 302 g/mol. The molecule has 0 fully saturated rings. The first-order valence-electron chi connectivity index (χ1n) is 4.33. The van der Waals surface area contributed by atoms with E-state index in [4.69, 9.17) is 11.6 Å². The van der Waals surface area contributed by atoms with Crippen LogP contribution in [-0.4, -0.2) is 4.98 Å². The SMILES string of the molecule is Clc1sccc1CNc1ccc(Br)cn1. The Kier molecular flexibility index (Phi) is 3.61. The number of thiophene rings is 1. The quantitative estimate of drug-likeness (QED) is 0.920. The zero-order valence-corrected chi connectivity index (χ0v) is 10.9. The van der Waals surface area contributed by atoms with Crippen molar-refractivity contribution >= 4 is 44.7 Å². The van der Waals surface area contributed by atoms with Crippen molar-refractivity contribution in [3.8, 4) is 0 Å². The third kappa shape index (κ3) is 2.93. The van der Waals surface area contributed by atoms with Gasteiger partial charge in [0, 0.05) is 22.8 Å². The molecule has 0 amide bonds. The van der Waals surface area contributed by atoms with E-state index in [9.17, 15) is 0 Å². The fourth-order valence-electron chi connectivity index (χ4n) is 1.11. The van der Waals surface area contributed by atoms with E-state index in [-0.39, 0.29) is 0 Å². The lowest BCUT2D eigenvalue weighted by Gasteiger charge is -2.04. The summed E-state index contributed by atoms with van der Waals surface area (Å²) in [6.07, 6.45) is 1.76. The smallest absolute Gasteiger partial charge is 0.126 e. The molecule has 2 aromatic heterocycles. The van der Waals surface area contributed by atoms with Gasteiger partial charge in [-0.25, -0.2) is 4.98 Å². The molecule has 0 unspecified atom stereocenters. The zero-order valence-electron chi connectivity index (χ0n) is 7.71. The van der Waals surface area contributed by atoms with Gasteiger partial charge in [-0.3, -0.25) is 0 Å². The topological polar surface area (TPSA) is 24.9 Å². The molecule has 15 heavy (non-hydrogen) atoms. The summed E-state index contributed by atoms with van der Waals surface area (Å²) in [5.41, 5.74) is 1.10. The number of hydrogen-bond acceptors (Lipinski definition) is 3. The van der Waals surface area contributed by atoms with Gasteiger partial charge in [0.25, 0.3) is 0 Å². The molecule has 0 saturated carbocycles. The van der Waals surface area contributed by atoms with Crippen LogP contribution >= 0.6 is 38.9 Å². The molecule has 0 atom stereocenters. The minimum absolute atomic E-state index is 0.705. The number of hydrogen-bond donors (Lipinski definition) is 1. The molecule has 0 saturated heterocycles. The number of nitrogens with zero attached hydrogens (tertiary/aromatic N) is 1. The first-order chi connectivity index (χ1) is 7.25. The number of pyridine rings is 1. The van der Waals surface area contributed by atoms with Crippen molar-refractivity contribution in [2.45, 2.75) is 6.54 Å². The van der Waals surface area contributed by atoms with E-state index in [1.54, 1.807) is 6.20 Å². The Morgan fingerprint density at radius 3 is 2.87 bits per heavy atom. The minimum atomic E-state index is 0.705. The van der Waals surface area contributed by atoms with Crippen molar-refractivity contribution in [2.75, 3.05) is 5.32 Å². The molecular formula is C10H8BrClN2S. The van der Waals surface area contributed by atoms with Crippen molar-refractivity contribution < 1.29 is 0 Å².